The van der Waals surface area contributed by atoms with Gasteiger partial charge in [-0.3, -0.25) is 9.59 Å². The summed E-state index contributed by atoms with van der Waals surface area (Å²) in [6, 6.07) is 18.2. The van der Waals surface area contributed by atoms with Gasteiger partial charge < -0.3 is 13.9 Å². The van der Waals surface area contributed by atoms with Gasteiger partial charge in [-0.15, -0.1) is 0 Å². The van der Waals surface area contributed by atoms with Gasteiger partial charge in [0.25, 0.3) is 0 Å². The Morgan fingerprint density at radius 1 is 1.00 bits per heavy atom. The molecule has 0 saturated heterocycles. The summed E-state index contributed by atoms with van der Waals surface area (Å²) < 4.78 is 43.9. The van der Waals surface area contributed by atoms with E-state index >= 15 is 0 Å². The number of methoxy groups -OCH3 is 1. The Morgan fingerprint density at radius 3 is 2.36 bits per heavy atom. The van der Waals surface area contributed by atoms with E-state index in [1.54, 1.807) is 48.5 Å². The number of hydrogen-bond donors (Lipinski definition) is 1. The number of carbonyl (C=O) groups excluding carboxylic acids is 1. The van der Waals surface area contributed by atoms with Crippen LogP contribution in [0.25, 0.3) is 22.3 Å². The lowest BCUT2D eigenvalue weighted by Crippen LogP contribution is -2.28. The molecule has 0 radical (unpaired) electrons. The van der Waals surface area contributed by atoms with Crippen LogP contribution in [0.1, 0.15) is 17.5 Å². The van der Waals surface area contributed by atoms with Crippen molar-refractivity contribution in [2.24, 2.45) is 0 Å². The second-order valence-corrected chi connectivity index (χ2v) is 9.98. The predicted molar refractivity (Wildman–Crippen MR) is 136 cm³/mol. The molecule has 0 unspecified atom stereocenters. The number of nitrogens with one attached hydrogen (secondary N) is 1. The van der Waals surface area contributed by atoms with Gasteiger partial charge in [0.2, 0.25) is 21.2 Å². The summed E-state index contributed by atoms with van der Waals surface area (Å²) in [6.45, 7) is 3.49. The summed E-state index contributed by atoms with van der Waals surface area (Å²) in [4.78, 5) is 26.2. The molecule has 1 N–H and O–H groups in total. The summed E-state index contributed by atoms with van der Waals surface area (Å²) in [5.41, 5.74) is 2.04. The van der Waals surface area contributed by atoms with E-state index in [0.29, 0.717) is 16.9 Å². The lowest BCUT2D eigenvalue weighted by molar-refractivity contribution is -0.134. The monoisotopic (exact) mass is 507 g/mol. The third-order valence-electron chi connectivity index (χ3n) is 5.52. The number of ether oxygens (including phenoxy) is 2. The highest BCUT2D eigenvalue weighted by Crippen LogP contribution is 2.33. The van der Waals surface area contributed by atoms with Gasteiger partial charge in [-0.1, -0.05) is 24.3 Å². The Labute approximate surface area is 208 Å². The summed E-state index contributed by atoms with van der Waals surface area (Å²) >= 11 is 0. The van der Waals surface area contributed by atoms with Crippen LogP contribution in [0.2, 0.25) is 0 Å². The van der Waals surface area contributed by atoms with E-state index < -0.39 is 21.4 Å². The third-order valence-corrected chi connectivity index (χ3v) is 7.00. The van der Waals surface area contributed by atoms with Gasteiger partial charge in [0.15, 0.2) is 5.76 Å². The van der Waals surface area contributed by atoms with Gasteiger partial charge in [-0.25, -0.2) is 13.1 Å². The molecule has 36 heavy (non-hydrogen) atoms. The number of esters is 1. The van der Waals surface area contributed by atoms with E-state index in [9.17, 15) is 18.0 Å². The second kappa shape index (κ2) is 10.3. The quantitative estimate of drug-likeness (QED) is 0.353. The van der Waals surface area contributed by atoms with Crippen molar-refractivity contribution in [3.05, 3.63) is 88.1 Å². The molecule has 4 rings (SSSR count). The predicted octanol–water partition coefficient (Wildman–Crippen LogP) is 4.36. The molecule has 3 aromatic carbocycles. The largest absolute Gasteiger partial charge is 0.497 e. The van der Waals surface area contributed by atoms with Crippen molar-refractivity contribution in [2.45, 2.75) is 25.2 Å². The first-order valence-electron chi connectivity index (χ1n) is 11.2. The van der Waals surface area contributed by atoms with Gasteiger partial charge in [-0.05, 0) is 67.4 Å². The van der Waals surface area contributed by atoms with Crippen molar-refractivity contribution in [1.29, 1.82) is 0 Å². The van der Waals surface area contributed by atoms with Crippen LogP contribution in [0.4, 0.5) is 0 Å². The average Bonchev–Trinajstić information content (AvgIpc) is 2.86. The second-order valence-electron chi connectivity index (χ2n) is 8.21. The van der Waals surface area contributed by atoms with Crippen LogP contribution in [0.3, 0.4) is 0 Å². The van der Waals surface area contributed by atoms with Crippen molar-refractivity contribution in [3.63, 3.8) is 0 Å². The highest BCUT2D eigenvalue weighted by atomic mass is 32.2. The molecule has 186 valence electrons. The molecule has 4 aromatic rings. The number of sulfonamides is 1. The van der Waals surface area contributed by atoms with Crippen LogP contribution < -0.4 is 19.6 Å². The SMILES string of the molecule is COc1ccc(-c2oc3c(C)cc(C)cc3c(=O)c2OC(=O)CCNS(=O)(=O)c2ccccc2)cc1. The van der Waals surface area contributed by atoms with Gasteiger partial charge in [-0.2, -0.15) is 0 Å². The van der Waals surface area contributed by atoms with Gasteiger partial charge in [0.05, 0.1) is 23.8 Å². The van der Waals surface area contributed by atoms with Crippen LogP contribution in [0, 0.1) is 13.8 Å². The zero-order chi connectivity index (χ0) is 25.9. The summed E-state index contributed by atoms with van der Waals surface area (Å²) in [5.74, 6) is -0.330. The number of fused-ring (bicyclic) bond motifs is 1. The molecule has 0 spiro atoms. The van der Waals surface area contributed by atoms with E-state index in [4.69, 9.17) is 13.9 Å². The molecule has 0 saturated carbocycles. The van der Waals surface area contributed by atoms with Crippen molar-refractivity contribution in [3.8, 4) is 22.8 Å². The zero-order valence-corrected chi connectivity index (χ0v) is 20.8. The number of benzene rings is 3. The number of aryl methyl sites for hydroxylation is 2. The molecule has 0 amide bonds. The lowest BCUT2D eigenvalue weighted by atomic mass is 10.1. The van der Waals surface area contributed by atoms with E-state index in [0.717, 1.165) is 11.1 Å². The molecule has 0 fully saturated rings. The van der Waals surface area contributed by atoms with Crippen LogP contribution in [0.5, 0.6) is 11.5 Å². The van der Waals surface area contributed by atoms with Crippen molar-refractivity contribution >= 4 is 27.0 Å². The number of rotatable bonds is 8. The smallest absolute Gasteiger partial charge is 0.312 e. The van der Waals surface area contributed by atoms with Crippen molar-refractivity contribution in [1.82, 2.24) is 4.72 Å². The van der Waals surface area contributed by atoms with Crippen molar-refractivity contribution in [2.75, 3.05) is 13.7 Å². The molecule has 0 aliphatic heterocycles. The van der Waals surface area contributed by atoms with Crippen LogP contribution in [0.15, 0.2) is 80.8 Å². The number of carbonyl (C=O) groups is 1. The first-order valence-corrected chi connectivity index (χ1v) is 12.7. The maximum atomic E-state index is 13.4. The fraction of sp³-hybridized carbons (Fsp3) is 0.185. The fourth-order valence-electron chi connectivity index (χ4n) is 3.79. The first kappa shape index (κ1) is 25.2. The molecule has 1 aromatic heterocycles. The first-order chi connectivity index (χ1) is 17.2. The Hall–Kier alpha value is -3.95. The third kappa shape index (κ3) is 5.32. The van der Waals surface area contributed by atoms with E-state index in [1.165, 1.54) is 19.2 Å². The highest BCUT2D eigenvalue weighted by Gasteiger charge is 2.22. The minimum Gasteiger partial charge on any atom is -0.497 e. The minimum atomic E-state index is -3.78. The van der Waals surface area contributed by atoms with E-state index in [1.807, 2.05) is 19.9 Å². The van der Waals surface area contributed by atoms with Crippen LogP contribution in [-0.2, 0) is 14.8 Å². The molecular formula is C27H25NO7S. The molecule has 8 nitrogen and oxygen atoms in total. The standard InChI is InChI=1S/C27H25NO7S/c1-17-15-18(2)25-22(16-17)24(30)27(26(35-25)19-9-11-20(33-3)12-10-19)34-23(29)13-14-28-36(31,32)21-7-5-4-6-8-21/h4-12,15-16,28H,13-14H2,1-3H3. The van der Waals surface area contributed by atoms with Crippen molar-refractivity contribution < 1.29 is 27.1 Å². The molecule has 0 aliphatic rings. The zero-order valence-electron chi connectivity index (χ0n) is 20.0. The normalized spacial score (nSPS) is 11.4. The van der Waals surface area contributed by atoms with Gasteiger partial charge in [0, 0.05) is 12.1 Å². The Bertz CT molecular complexity index is 1580. The van der Waals surface area contributed by atoms with E-state index in [2.05, 4.69) is 4.72 Å². The maximum Gasteiger partial charge on any atom is 0.312 e. The number of hydrogen-bond acceptors (Lipinski definition) is 7. The topological polar surface area (TPSA) is 112 Å². The molecular weight excluding hydrogens is 482 g/mol. The molecule has 0 atom stereocenters. The summed E-state index contributed by atoms with van der Waals surface area (Å²) in [5, 5.41) is 0.289. The minimum absolute atomic E-state index is 0.0843. The molecule has 9 heteroatoms. The fourth-order valence-corrected chi connectivity index (χ4v) is 4.85. The maximum absolute atomic E-state index is 13.4. The summed E-state index contributed by atoms with van der Waals surface area (Å²) in [7, 11) is -2.25. The van der Waals surface area contributed by atoms with Gasteiger partial charge >= 0.3 is 5.97 Å². The molecule has 1 heterocycles. The Morgan fingerprint density at radius 2 is 1.69 bits per heavy atom. The molecule has 0 aliphatic carbocycles. The Balaban J connectivity index is 1.64. The van der Waals surface area contributed by atoms with Crippen LogP contribution >= 0.6 is 0 Å². The van der Waals surface area contributed by atoms with Gasteiger partial charge in [0.1, 0.15) is 11.3 Å². The average molecular weight is 508 g/mol. The summed E-state index contributed by atoms with van der Waals surface area (Å²) in [6.07, 6.45) is -0.293. The Kier molecular flexibility index (Phi) is 7.23. The van der Waals surface area contributed by atoms with E-state index in [-0.39, 0.29) is 34.8 Å². The lowest BCUT2D eigenvalue weighted by Gasteiger charge is -2.13. The highest BCUT2D eigenvalue weighted by molar-refractivity contribution is 7.89. The molecule has 0 bridgehead atoms. The van der Waals surface area contributed by atoms with Crippen LogP contribution in [-0.4, -0.2) is 28.0 Å².